The summed E-state index contributed by atoms with van der Waals surface area (Å²) in [6.45, 7) is 2.02. The fourth-order valence-electron chi connectivity index (χ4n) is 3.98. The Morgan fingerprint density at radius 3 is 2.46 bits per heavy atom. The number of rotatable bonds is 5. The number of hydrogen-bond acceptors (Lipinski definition) is 3. The van der Waals surface area contributed by atoms with E-state index in [0.29, 0.717) is 18.6 Å². The topological polar surface area (TPSA) is 58.6 Å². The number of para-hydroxylation sites is 1. The van der Waals surface area contributed by atoms with Crippen LogP contribution in [-0.4, -0.2) is 25.0 Å². The van der Waals surface area contributed by atoms with Crippen LogP contribution in [0.5, 0.6) is 5.75 Å². The number of amides is 2. The molecule has 0 bridgehead atoms. The van der Waals surface area contributed by atoms with Gasteiger partial charge in [0.1, 0.15) is 5.75 Å². The molecule has 1 aliphatic heterocycles. The van der Waals surface area contributed by atoms with Gasteiger partial charge in [-0.05, 0) is 44.4 Å². The normalized spacial score (nSPS) is 22.1. The van der Waals surface area contributed by atoms with Crippen molar-refractivity contribution in [3.63, 3.8) is 0 Å². The first-order valence-corrected chi connectivity index (χ1v) is 9.90. The average Bonchev–Trinajstić information content (AvgIpc) is 3.52. The van der Waals surface area contributed by atoms with E-state index in [9.17, 15) is 9.59 Å². The van der Waals surface area contributed by atoms with E-state index in [1.54, 1.807) is 12.0 Å². The van der Waals surface area contributed by atoms with Crippen molar-refractivity contribution in [3.05, 3.63) is 59.7 Å². The van der Waals surface area contributed by atoms with Crippen LogP contribution in [0, 0.1) is 12.8 Å². The lowest BCUT2D eigenvalue weighted by Gasteiger charge is -2.41. The number of carbonyl (C=O) groups is 2. The van der Waals surface area contributed by atoms with E-state index in [4.69, 9.17) is 4.74 Å². The van der Waals surface area contributed by atoms with Crippen LogP contribution in [0.4, 0.5) is 5.69 Å². The van der Waals surface area contributed by atoms with Crippen molar-refractivity contribution in [3.8, 4) is 5.75 Å². The van der Waals surface area contributed by atoms with E-state index < -0.39 is 0 Å². The van der Waals surface area contributed by atoms with Gasteiger partial charge in [-0.3, -0.25) is 9.59 Å². The Labute approximate surface area is 165 Å². The van der Waals surface area contributed by atoms with Crippen molar-refractivity contribution >= 4 is 17.5 Å². The van der Waals surface area contributed by atoms with Crippen molar-refractivity contribution in [1.29, 1.82) is 0 Å². The second-order valence-corrected chi connectivity index (χ2v) is 7.71. The number of nitrogens with one attached hydrogen (secondary N) is 1. The summed E-state index contributed by atoms with van der Waals surface area (Å²) < 4.78 is 5.59. The summed E-state index contributed by atoms with van der Waals surface area (Å²) >= 11 is 0. The number of aryl methyl sites for hydroxylation is 1. The Bertz CT molecular complexity index is 874. The molecule has 5 heteroatoms. The first kappa shape index (κ1) is 18.5. The average molecular weight is 378 g/mol. The molecular formula is C23H26N2O3. The van der Waals surface area contributed by atoms with Crippen LogP contribution in [0.1, 0.15) is 42.9 Å². The van der Waals surface area contributed by atoms with Gasteiger partial charge in [0.25, 0.3) is 0 Å². The summed E-state index contributed by atoms with van der Waals surface area (Å²) in [5, 5.41) is 3.14. The minimum Gasteiger partial charge on any atom is -0.496 e. The molecule has 2 fully saturated rings. The van der Waals surface area contributed by atoms with Gasteiger partial charge < -0.3 is 15.0 Å². The number of ether oxygens (including phenoxy) is 1. The van der Waals surface area contributed by atoms with Gasteiger partial charge in [0.2, 0.25) is 11.8 Å². The third kappa shape index (κ3) is 3.61. The Balaban J connectivity index is 1.79. The predicted octanol–water partition coefficient (Wildman–Crippen LogP) is 3.77. The molecule has 5 nitrogen and oxygen atoms in total. The van der Waals surface area contributed by atoms with E-state index in [0.717, 1.165) is 29.7 Å². The second kappa shape index (κ2) is 7.66. The molecule has 0 radical (unpaired) electrons. The van der Waals surface area contributed by atoms with Gasteiger partial charge in [0.15, 0.2) is 0 Å². The number of anilines is 1. The van der Waals surface area contributed by atoms with Gasteiger partial charge in [-0.1, -0.05) is 35.9 Å². The van der Waals surface area contributed by atoms with Gasteiger partial charge in [0.05, 0.1) is 19.1 Å². The Morgan fingerprint density at radius 2 is 1.79 bits per heavy atom. The predicted molar refractivity (Wildman–Crippen MR) is 108 cm³/mol. The minimum absolute atomic E-state index is 0.0306. The molecule has 28 heavy (non-hydrogen) atoms. The third-order valence-electron chi connectivity index (χ3n) is 5.63. The molecule has 2 aromatic rings. The lowest BCUT2D eigenvalue weighted by molar-refractivity contribution is -0.129. The maximum Gasteiger partial charge on any atom is 0.227 e. The smallest absolute Gasteiger partial charge is 0.227 e. The molecule has 2 unspecified atom stereocenters. The maximum atomic E-state index is 13.1. The number of methoxy groups -OCH3 is 1. The highest BCUT2D eigenvalue weighted by molar-refractivity contribution is 5.97. The van der Waals surface area contributed by atoms with E-state index in [2.05, 4.69) is 5.32 Å². The van der Waals surface area contributed by atoms with Crippen LogP contribution in [-0.2, 0) is 9.59 Å². The van der Waals surface area contributed by atoms with Crippen molar-refractivity contribution in [2.75, 3.05) is 12.0 Å². The Kier molecular flexibility index (Phi) is 5.07. The molecule has 1 aliphatic carbocycles. The first-order chi connectivity index (χ1) is 13.6. The molecule has 2 aliphatic rings. The second-order valence-electron chi connectivity index (χ2n) is 7.71. The van der Waals surface area contributed by atoms with Crippen LogP contribution in [0.25, 0.3) is 0 Å². The SMILES string of the molecule is COc1ccccc1C1C(C(=O)NC2CC2)CCC(=O)N1c1ccc(C)cc1. The molecule has 2 aromatic carbocycles. The monoisotopic (exact) mass is 378 g/mol. The lowest BCUT2D eigenvalue weighted by atomic mass is 9.82. The van der Waals surface area contributed by atoms with E-state index in [1.807, 2.05) is 55.5 Å². The summed E-state index contributed by atoms with van der Waals surface area (Å²) in [5.41, 5.74) is 2.81. The van der Waals surface area contributed by atoms with Crippen molar-refractivity contribution in [2.45, 2.75) is 44.7 Å². The molecule has 2 atom stereocenters. The van der Waals surface area contributed by atoms with Crippen molar-refractivity contribution < 1.29 is 14.3 Å². The zero-order chi connectivity index (χ0) is 19.7. The van der Waals surface area contributed by atoms with Crippen LogP contribution >= 0.6 is 0 Å². The van der Waals surface area contributed by atoms with Crippen LogP contribution in [0.3, 0.4) is 0 Å². The highest BCUT2D eigenvalue weighted by atomic mass is 16.5. The number of carbonyl (C=O) groups excluding carboxylic acids is 2. The van der Waals surface area contributed by atoms with Crippen molar-refractivity contribution in [2.24, 2.45) is 5.92 Å². The summed E-state index contributed by atoms with van der Waals surface area (Å²) in [6.07, 6.45) is 2.99. The highest BCUT2D eigenvalue weighted by Gasteiger charge is 2.43. The third-order valence-corrected chi connectivity index (χ3v) is 5.63. The number of piperidine rings is 1. The maximum absolute atomic E-state index is 13.1. The number of hydrogen-bond donors (Lipinski definition) is 1. The Hall–Kier alpha value is -2.82. The quantitative estimate of drug-likeness (QED) is 0.862. The molecule has 0 spiro atoms. The lowest BCUT2D eigenvalue weighted by Crippen LogP contribution is -2.48. The summed E-state index contributed by atoms with van der Waals surface area (Å²) in [7, 11) is 1.62. The minimum atomic E-state index is -0.390. The molecular weight excluding hydrogens is 352 g/mol. The summed E-state index contributed by atoms with van der Waals surface area (Å²) in [6, 6.07) is 15.5. The largest absolute Gasteiger partial charge is 0.496 e. The van der Waals surface area contributed by atoms with E-state index in [-0.39, 0.29) is 29.8 Å². The first-order valence-electron chi connectivity index (χ1n) is 9.90. The zero-order valence-electron chi connectivity index (χ0n) is 16.4. The van der Waals surface area contributed by atoms with Gasteiger partial charge in [-0.2, -0.15) is 0 Å². The molecule has 0 aromatic heterocycles. The zero-order valence-corrected chi connectivity index (χ0v) is 16.4. The van der Waals surface area contributed by atoms with Crippen LogP contribution < -0.4 is 15.0 Å². The van der Waals surface area contributed by atoms with Gasteiger partial charge in [-0.25, -0.2) is 0 Å². The molecule has 1 saturated carbocycles. The standard InChI is InChI=1S/C23H26N2O3/c1-15-7-11-17(12-8-15)25-21(26)14-13-19(23(27)24-16-9-10-16)22(25)18-5-3-4-6-20(18)28-2/h3-8,11-12,16,19,22H,9-10,13-14H2,1-2H3,(H,24,27). The fourth-order valence-corrected chi connectivity index (χ4v) is 3.98. The summed E-state index contributed by atoms with van der Waals surface area (Å²) in [4.78, 5) is 27.9. The van der Waals surface area contributed by atoms with Crippen LogP contribution in [0.15, 0.2) is 48.5 Å². The highest BCUT2D eigenvalue weighted by Crippen LogP contribution is 2.43. The fraction of sp³-hybridized carbons (Fsp3) is 0.391. The molecule has 146 valence electrons. The molecule has 1 saturated heterocycles. The molecule has 4 rings (SSSR count). The molecule has 1 heterocycles. The van der Waals surface area contributed by atoms with Crippen molar-refractivity contribution in [1.82, 2.24) is 5.32 Å². The van der Waals surface area contributed by atoms with Gasteiger partial charge >= 0.3 is 0 Å². The number of benzene rings is 2. The molecule has 2 amide bonds. The Morgan fingerprint density at radius 1 is 1.07 bits per heavy atom. The summed E-state index contributed by atoms with van der Waals surface area (Å²) in [5.74, 6) is 0.456. The van der Waals surface area contributed by atoms with Gasteiger partial charge in [0, 0.05) is 23.7 Å². The van der Waals surface area contributed by atoms with E-state index >= 15 is 0 Å². The molecule has 1 N–H and O–H groups in total. The van der Waals surface area contributed by atoms with Gasteiger partial charge in [-0.15, -0.1) is 0 Å². The van der Waals surface area contributed by atoms with Crippen LogP contribution in [0.2, 0.25) is 0 Å². The number of nitrogens with zero attached hydrogens (tertiary/aromatic N) is 1. The van der Waals surface area contributed by atoms with E-state index in [1.165, 1.54) is 0 Å².